The van der Waals surface area contributed by atoms with Gasteiger partial charge in [-0.05, 0) is 36.8 Å². The smallest absolute Gasteiger partial charge is 0.408 e. The van der Waals surface area contributed by atoms with Gasteiger partial charge >= 0.3 is 6.09 Å². The number of carbonyl (C=O) groups is 3. The summed E-state index contributed by atoms with van der Waals surface area (Å²) in [6, 6.07) is 17.1. The van der Waals surface area contributed by atoms with Crippen LogP contribution in [0.25, 0.3) is 0 Å². The predicted octanol–water partition coefficient (Wildman–Crippen LogP) is 3.14. The summed E-state index contributed by atoms with van der Waals surface area (Å²) in [5, 5.41) is 15.4. The molecule has 1 fully saturated rings. The first-order chi connectivity index (χ1) is 17.0. The number of likely N-dealkylation sites (tertiary alicyclic amines) is 1. The molecule has 1 heterocycles. The highest BCUT2D eigenvalue weighted by Gasteiger charge is 2.38. The molecule has 188 valence electrons. The summed E-state index contributed by atoms with van der Waals surface area (Å²) in [7, 11) is 0. The quantitative estimate of drug-likeness (QED) is 0.428. The lowest BCUT2D eigenvalue weighted by Crippen LogP contribution is -2.55. The van der Waals surface area contributed by atoms with Gasteiger partial charge in [0.15, 0.2) is 0 Å². The van der Waals surface area contributed by atoms with E-state index in [0.29, 0.717) is 25.8 Å². The third-order valence-electron chi connectivity index (χ3n) is 6.06. The standard InChI is InChI=1S/C27H35N3O5/c1-2-3-16-24(31)29-25(32)23-15-10-17-30(23)26(33)22(18-20-11-6-4-7-12-20)28-27(34)35-19-21-13-8-5-9-14-21/h4-9,11-14,22-24,31H,2-3,10,15-19H2,1H3,(H,28,34)(H,29,32)/t22-,23+,24+/m1/s1. The van der Waals surface area contributed by atoms with Crippen LogP contribution < -0.4 is 10.6 Å². The predicted molar refractivity (Wildman–Crippen MR) is 132 cm³/mol. The van der Waals surface area contributed by atoms with Crippen molar-refractivity contribution in [2.45, 2.75) is 70.4 Å². The lowest BCUT2D eigenvalue weighted by molar-refractivity contribution is -0.141. The van der Waals surface area contributed by atoms with Gasteiger partial charge in [-0.1, -0.05) is 74.0 Å². The van der Waals surface area contributed by atoms with E-state index in [4.69, 9.17) is 4.74 Å². The van der Waals surface area contributed by atoms with Crippen molar-refractivity contribution >= 4 is 17.9 Å². The van der Waals surface area contributed by atoms with Crippen molar-refractivity contribution in [1.29, 1.82) is 0 Å². The first-order valence-corrected chi connectivity index (χ1v) is 12.3. The first-order valence-electron chi connectivity index (χ1n) is 12.3. The Morgan fingerprint density at radius 3 is 2.34 bits per heavy atom. The van der Waals surface area contributed by atoms with Crippen LogP contribution in [0.3, 0.4) is 0 Å². The number of aliphatic hydroxyl groups excluding tert-OH is 1. The number of carbonyl (C=O) groups excluding carboxylic acids is 3. The summed E-state index contributed by atoms with van der Waals surface area (Å²) in [4.78, 5) is 40.5. The second kappa shape index (κ2) is 13.5. The average molecular weight is 482 g/mol. The number of nitrogens with zero attached hydrogens (tertiary/aromatic N) is 1. The first kappa shape index (κ1) is 26.2. The van der Waals surface area contributed by atoms with Crippen molar-refractivity contribution in [3.63, 3.8) is 0 Å². The molecule has 3 rings (SSSR count). The Balaban J connectivity index is 1.67. The fourth-order valence-electron chi connectivity index (χ4n) is 4.19. The summed E-state index contributed by atoms with van der Waals surface area (Å²) in [6.45, 7) is 2.51. The Labute approximate surface area is 206 Å². The van der Waals surface area contributed by atoms with Crippen molar-refractivity contribution in [3.05, 3.63) is 71.8 Å². The van der Waals surface area contributed by atoms with Crippen LogP contribution in [-0.4, -0.2) is 52.8 Å². The molecule has 2 aromatic carbocycles. The summed E-state index contributed by atoms with van der Waals surface area (Å²) in [6.07, 6.45) is 1.99. The van der Waals surface area contributed by atoms with Crippen LogP contribution in [-0.2, 0) is 27.4 Å². The number of rotatable bonds is 11. The zero-order valence-corrected chi connectivity index (χ0v) is 20.2. The maximum Gasteiger partial charge on any atom is 0.408 e. The number of alkyl carbamates (subject to hydrolysis) is 1. The number of unbranched alkanes of at least 4 members (excludes halogenated alkanes) is 1. The van der Waals surface area contributed by atoms with Gasteiger partial charge in [0.2, 0.25) is 11.8 Å². The number of ether oxygens (including phenoxy) is 1. The highest BCUT2D eigenvalue weighted by Crippen LogP contribution is 2.20. The van der Waals surface area contributed by atoms with Crippen LogP contribution in [0.1, 0.15) is 50.2 Å². The fourth-order valence-corrected chi connectivity index (χ4v) is 4.19. The van der Waals surface area contributed by atoms with Gasteiger partial charge in [-0.25, -0.2) is 4.79 Å². The molecule has 0 aliphatic carbocycles. The van der Waals surface area contributed by atoms with Crippen molar-refractivity contribution in [1.82, 2.24) is 15.5 Å². The Kier molecular flexibility index (Phi) is 10.1. The largest absolute Gasteiger partial charge is 0.445 e. The molecule has 3 amide bonds. The fraction of sp³-hybridized carbons (Fsp3) is 0.444. The molecular weight excluding hydrogens is 446 g/mol. The van der Waals surface area contributed by atoms with E-state index in [1.807, 2.05) is 67.6 Å². The Morgan fingerprint density at radius 1 is 1.03 bits per heavy atom. The van der Waals surface area contributed by atoms with Crippen LogP contribution in [0, 0.1) is 0 Å². The number of aliphatic hydroxyl groups is 1. The number of hydrogen-bond acceptors (Lipinski definition) is 5. The van der Waals surface area contributed by atoms with Gasteiger partial charge in [-0.2, -0.15) is 0 Å². The van der Waals surface area contributed by atoms with Gasteiger partial charge in [0.05, 0.1) is 0 Å². The monoisotopic (exact) mass is 481 g/mol. The van der Waals surface area contributed by atoms with E-state index < -0.39 is 24.4 Å². The third-order valence-corrected chi connectivity index (χ3v) is 6.06. The molecule has 0 radical (unpaired) electrons. The summed E-state index contributed by atoms with van der Waals surface area (Å²) >= 11 is 0. The molecule has 8 heteroatoms. The SMILES string of the molecule is CCCC[C@H](O)NC(=O)[C@@H]1CCCN1C(=O)[C@@H](Cc1ccccc1)NC(=O)OCc1ccccc1. The molecule has 0 saturated carbocycles. The molecular formula is C27H35N3O5. The number of hydrogen-bond donors (Lipinski definition) is 3. The van der Waals surface area contributed by atoms with E-state index >= 15 is 0 Å². The molecule has 3 N–H and O–H groups in total. The Hall–Kier alpha value is -3.39. The second-order valence-corrected chi connectivity index (χ2v) is 8.80. The van der Waals surface area contributed by atoms with E-state index in [1.165, 1.54) is 4.90 Å². The van der Waals surface area contributed by atoms with Crippen LogP contribution in [0.4, 0.5) is 4.79 Å². The molecule has 2 aromatic rings. The van der Waals surface area contributed by atoms with E-state index in [9.17, 15) is 19.5 Å². The zero-order valence-electron chi connectivity index (χ0n) is 20.2. The molecule has 0 bridgehead atoms. The summed E-state index contributed by atoms with van der Waals surface area (Å²) in [5.41, 5.74) is 1.72. The van der Waals surface area contributed by atoms with Crippen LogP contribution >= 0.6 is 0 Å². The normalized spacial score (nSPS) is 16.9. The molecule has 35 heavy (non-hydrogen) atoms. The van der Waals surface area contributed by atoms with Crippen molar-refractivity contribution in [2.24, 2.45) is 0 Å². The lowest BCUT2D eigenvalue weighted by atomic mass is 10.0. The van der Waals surface area contributed by atoms with E-state index in [1.54, 1.807) is 0 Å². The second-order valence-electron chi connectivity index (χ2n) is 8.80. The van der Waals surface area contributed by atoms with Crippen molar-refractivity contribution in [2.75, 3.05) is 6.54 Å². The molecule has 0 unspecified atom stereocenters. The van der Waals surface area contributed by atoms with Gasteiger partial charge < -0.3 is 25.4 Å². The average Bonchev–Trinajstić information content (AvgIpc) is 3.37. The molecule has 8 nitrogen and oxygen atoms in total. The number of amides is 3. The topological polar surface area (TPSA) is 108 Å². The minimum Gasteiger partial charge on any atom is -0.445 e. The molecule has 3 atom stereocenters. The van der Waals surface area contributed by atoms with E-state index in [0.717, 1.165) is 24.0 Å². The Morgan fingerprint density at radius 2 is 1.69 bits per heavy atom. The van der Waals surface area contributed by atoms with E-state index in [2.05, 4.69) is 10.6 Å². The number of benzene rings is 2. The maximum absolute atomic E-state index is 13.5. The minimum atomic E-state index is -0.939. The van der Waals surface area contributed by atoms with Crippen molar-refractivity contribution in [3.8, 4) is 0 Å². The molecule has 0 spiro atoms. The molecule has 1 saturated heterocycles. The van der Waals surface area contributed by atoms with Crippen LogP contribution in [0.2, 0.25) is 0 Å². The van der Waals surface area contributed by atoms with Crippen LogP contribution in [0.15, 0.2) is 60.7 Å². The number of nitrogens with one attached hydrogen (secondary N) is 2. The van der Waals surface area contributed by atoms with Gasteiger partial charge in [0.25, 0.3) is 0 Å². The Bertz CT molecular complexity index is 954. The highest BCUT2D eigenvalue weighted by atomic mass is 16.5. The van der Waals surface area contributed by atoms with Gasteiger partial charge in [0.1, 0.15) is 24.9 Å². The molecule has 1 aliphatic heterocycles. The summed E-state index contributed by atoms with van der Waals surface area (Å²) < 4.78 is 5.34. The lowest BCUT2D eigenvalue weighted by Gasteiger charge is -2.29. The molecule has 1 aliphatic rings. The van der Waals surface area contributed by atoms with Gasteiger partial charge in [-0.15, -0.1) is 0 Å². The van der Waals surface area contributed by atoms with Crippen LogP contribution in [0.5, 0.6) is 0 Å². The van der Waals surface area contributed by atoms with Gasteiger partial charge in [-0.3, -0.25) is 9.59 Å². The highest BCUT2D eigenvalue weighted by molar-refractivity contribution is 5.92. The molecule has 0 aromatic heterocycles. The summed E-state index contributed by atoms with van der Waals surface area (Å²) in [5.74, 6) is -0.712. The van der Waals surface area contributed by atoms with E-state index in [-0.39, 0.29) is 24.8 Å². The third kappa shape index (κ3) is 8.10. The van der Waals surface area contributed by atoms with Gasteiger partial charge in [0, 0.05) is 13.0 Å². The maximum atomic E-state index is 13.5. The zero-order chi connectivity index (χ0) is 25.0. The van der Waals surface area contributed by atoms with Crippen molar-refractivity contribution < 1.29 is 24.2 Å². The minimum absolute atomic E-state index is 0.0866.